The zero-order valence-electron chi connectivity index (χ0n) is 19.1. The fourth-order valence-electron chi connectivity index (χ4n) is 4.70. The summed E-state index contributed by atoms with van der Waals surface area (Å²) < 4.78 is 2.86. The molecule has 0 atom stereocenters. The van der Waals surface area contributed by atoms with Crippen molar-refractivity contribution in [3.05, 3.63) is 70.9 Å². The van der Waals surface area contributed by atoms with Crippen LogP contribution in [0.15, 0.2) is 48.5 Å². The molecule has 0 radical (unpaired) electrons. The zero-order chi connectivity index (χ0) is 21.9. The van der Waals surface area contributed by atoms with E-state index in [1.54, 1.807) is 0 Å². The van der Waals surface area contributed by atoms with Crippen LogP contribution in [0.4, 0.5) is 0 Å². The van der Waals surface area contributed by atoms with E-state index in [4.69, 9.17) is 0 Å². The van der Waals surface area contributed by atoms with E-state index in [9.17, 15) is 0 Å². The molecule has 156 valence electrons. The van der Waals surface area contributed by atoms with Crippen molar-refractivity contribution in [1.82, 2.24) is 10.2 Å². The van der Waals surface area contributed by atoms with Crippen LogP contribution in [0.2, 0.25) is 0 Å². The van der Waals surface area contributed by atoms with Crippen LogP contribution < -0.4 is 0 Å². The number of nitrogens with zero attached hydrogens (tertiary/aromatic N) is 2. The Balaban J connectivity index is 1.78. The minimum atomic E-state index is 0.212. The van der Waals surface area contributed by atoms with Crippen LogP contribution >= 0.6 is 0 Å². The van der Waals surface area contributed by atoms with Crippen molar-refractivity contribution in [1.29, 1.82) is 0 Å². The Morgan fingerprint density at radius 1 is 0.774 bits per heavy atom. The van der Waals surface area contributed by atoms with Gasteiger partial charge >= 0.3 is 190 Å². The number of aryl methyl sites for hydroxylation is 3. The first-order valence-electron chi connectivity index (χ1n) is 10.9. The van der Waals surface area contributed by atoms with Crippen LogP contribution in [0.5, 0.6) is 0 Å². The van der Waals surface area contributed by atoms with Gasteiger partial charge in [-0.15, -0.1) is 0 Å². The number of benzene rings is 3. The molecule has 2 heterocycles. The maximum atomic E-state index is 4.69. The molecular formula is C28H28N2Se. The molecule has 3 aromatic carbocycles. The number of fused-ring (bicyclic) bond motifs is 5. The third-order valence-corrected chi connectivity index (χ3v) is 8.46. The van der Waals surface area contributed by atoms with Gasteiger partial charge in [-0.05, 0) is 0 Å². The van der Waals surface area contributed by atoms with Crippen molar-refractivity contribution in [2.45, 2.75) is 48.0 Å². The van der Waals surface area contributed by atoms with Gasteiger partial charge in [-0.2, -0.15) is 0 Å². The van der Waals surface area contributed by atoms with Gasteiger partial charge in [0.1, 0.15) is 0 Å². The predicted molar refractivity (Wildman–Crippen MR) is 134 cm³/mol. The SMILES string of the molecule is Cc1cc(C)cc(-c2nnc(C)c3c2[se]c2c4ccc(CC(C)(C)C)cc4ccc23)c1. The van der Waals surface area contributed by atoms with E-state index in [0.717, 1.165) is 17.8 Å². The first kappa shape index (κ1) is 20.4. The zero-order valence-corrected chi connectivity index (χ0v) is 20.8. The molecule has 0 aliphatic rings. The summed E-state index contributed by atoms with van der Waals surface area (Å²) in [5.74, 6) is 0. The molecule has 0 unspecified atom stereocenters. The fourth-order valence-corrected chi connectivity index (χ4v) is 7.63. The summed E-state index contributed by atoms with van der Waals surface area (Å²) in [5, 5.41) is 14.7. The second kappa shape index (κ2) is 7.29. The molecule has 0 bridgehead atoms. The van der Waals surface area contributed by atoms with E-state index in [1.165, 1.54) is 52.3 Å². The number of rotatable bonds is 2. The summed E-state index contributed by atoms with van der Waals surface area (Å²) in [6.07, 6.45) is 1.09. The molecular weight excluding hydrogens is 443 g/mol. The quantitative estimate of drug-likeness (QED) is 0.255. The van der Waals surface area contributed by atoms with Crippen LogP contribution in [0.1, 0.15) is 43.2 Å². The second-order valence-corrected chi connectivity index (χ2v) is 12.2. The minimum absolute atomic E-state index is 0.212. The Bertz CT molecular complexity index is 1450. The number of hydrogen-bond donors (Lipinski definition) is 0. The molecule has 0 fully saturated rings. The van der Waals surface area contributed by atoms with Gasteiger partial charge in [-0.1, -0.05) is 0 Å². The van der Waals surface area contributed by atoms with E-state index in [-0.39, 0.29) is 14.5 Å². The Labute approximate surface area is 190 Å². The molecule has 5 rings (SSSR count). The Morgan fingerprint density at radius 3 is 2.19 bits per heavy atom. The van der Waals surface area contributed by atoms with Gasteiger partial charge in [0.25, 0.3) is 0 Å². The van der Waals surface area contributed by atoms with E-state index in [0.29, 0.717) is 5.41 Å². The van der Waals surface area contributed by atoms with Crippen molar-refractivity contribution < 1.29 is 0 Å². The van der Waals surface area contributed by atoms with Crippen LogP contribution in [-0.4, -0.2) is 24.7 Å². The Hall–Kier alpha value is -2.48. The van der Waals surface area contributed by atoms with Gasteiger partial charge in [-0.25, -0.2) is 0 Å². The molecule has 0 aliphatic heterocycles. The number of aromatic nitrogens is 2. The van der Waals surface area contributed by atoms with Crippen LogP contribution in [0.3, 0.4) is 0 Å². The summed E-state index contributed by atoms with van der Waals surface area (Å²) in [5.41, 5.74) is 7.52. The standard InChI is InChI=1S/C28H28N2Se/c1-16-11-17(2)13-21(12-16)25-27-24(18(3)29-30-25)23-10-8-20-14-19(15-28(4,5)6)7-9-22(20)26(23)31-27/h7-14H,15H2,1-6H3. The first-order valence-corrected chi connectivity index (χ1v) is 12.6. The van der Waals surface area contributed by atoms with Crippen LogP contribution in [0.25, 0.3) is 41.3 Å². The van der Waals surface area contributed by atoms with Crippen LogP contribution in [-0.2, 0) is 6.42 Å². The van der Waals surface area contributed by atoms with E-state index >= 15 is 0 Å². The van der Waals surface area contributed by atoms with Gasteiger partial charge in [0.05, 0.1) is 0 Å². The molecule has 3 heteroatoms. The monoisotopic (exact) mass is 472 g/mol. The topological polar surface area (TPSA) is 25.8 Å². The molecule has 0 amide bonds. The predicted octanol–water partition coefficient (Wildman–Crippen LogP) is 7.17. The molecule has 0 saturated carbocycles. The Morgan fingerprint density at radius 2 is 1.48 bits per heavy atom. The first-order chi connectivity index (χ1) is 14.7. The summed E-state index contributed by atoms with van der Waals surface area (Å²) >= 11 is 0.212. The van der Waals surface area contributed by atoms with Gasteiger partial charge in [0.2, 0.25) is 0 Å². The van der Waals surface area contributed by atoms with E-state index in [1.807, 2.05) is 0 Å². The summed E-state index contributed by atoms with van der Waals surface area (Å²) in [6, 6.07) is 18.3. The summed E-state index contributed by atoms with van der Waals surface area (Å²) in [4.78, 5) is 0. The molecule has 0 aliphatic carbocycles. The van der Waals surface area contributed by atoms with Crippen molar-refractivity contribution in [2.75, 3.05) is 0 Å². The molecule has 2 aromatic heterocycles. The average Bonchev–Trinajstić information content (AvgIpc) is 3.06. The Kier molecular flexibility index (Phi) is 4.80. The van der Waals surface area contributed by atoms with Gasteiger partial charge in [-0.3, -0.25) is 0 Å². The van der Waals surface area contributed by atoms with Crippen LogP contribution in [0, 0.1) is 26.2 Å². The summed E-state index contributed by atoms with van der Waals surface area (Å²) in [6.45, 7) is 13.3. The maximum absolute atomic E-state index is 4.69. The molecule has 31 heavy (non-hydrogen) atoms. The average molecular weight is 472 g/mol. The molecule has 0 saturated heterocycles. The summed E-state index contributed by atoms with van der Waals surface area (Å²) in [7, 11) is 0. The number of hydrogen-bond acceptors (Lipinski definition) is 2. The fraction of sp³-hybridized carbons (Fsp3) is 0.286. The third kappa shape index (κ3) is 3.71. The van der Waals surface area contributed by atoms with E-state index < -0.39 is 0 Å². The third-order valence-electron chi connectivity index (χ3n) is 5.84. The van der Waals surface area contributed by atoms with Crippen molar-refractivity contribution >= 4 is 44.6 Å². The normalized spacial score (nSPS) is 12.3. The molecule has 0 N–H and O–H groups in total. The van der Waals surface area contributed by atoms with Crippen molar-refractivity contribution in [2.24, 2.45) is 5.41 Å². The van der Waals surface area contributed by atoms with Crippen molar-refractivity contribution in [3.8, 4) is 11.3 Å². The van der Waals surface area contributed by atoms with E-state index in [2.05, 4.69) is 100 Å². The molecule has 5 aromatic rings. The van der Waals surface area contributed by atoms with Gasteiger partial charge < -0.3 is 0 Å². The van der Waals surface area contributed by atoms with Gasteiger partial charge in [0, 0.05) is 0 Å². The molecule has 2 nitrogen and oxygen atoms in total. The van der Waals surface area contributed by atoms with Crippen molar-refractivity contribution in [3.63, 3.8) is 0 Å². The second-order valence-electron chi connectivity index (χ2n) is 10.1. The van der Waals surface area contributed by atoms with Gasteiger partial charge in [0.15, 0.2) is 0 Å². The molecule has 0 spiro atoms.